The summed E-state index contributed by atoms with van der Waals surface area (Å²) in [6, 6.07) is 0. The van der Waals surface area contributed by atoms with Gasteiger partial charge in [0, 0.05) is 0 Å². The van der Waals surface area contributed by atoms with Crippen molar-refractivity contribution in [3.63, 3.8) is 0 Å². The Balaban J connectivity index is 1.38. The highest BCUT2D eigenvalue weighted by atomic mass is 28.3. The summed E-state index contributed by atoms with van der Waals surface area (Å²) in [5, 5.41) is 0. The van der Waals surface area contributed by atoms with Gasteiger partial charge in [-0.15, -0.1) is 0 Å². The number of fused-ring (bicyclic) bond motifs is 2. The molecule has 0 aromatic rings. The maximum Gasteiger partial charge on any atom is 0.0546 e. The Morgan fingerprint density at radius 1 is 0.483 bits per heavy atom. The van der Waals surface area contributed by atoms with Crippen molar-refractivity contribution in [2.24, 2.45) is 47.3 Å². The van der Waals surface area contributed by atoms with Crippen molar-refractivity contribution in [1.29, 1.82) is 0 Å². The van der Waals surface area contributed by atoms with Crippen molar-refractivity contribution in [3.05, 3.63) is 0 Å². The summed E-state index contributed by atoms with van der Waals surface area (Å²) in [5.41, 5.74) is 2.29. The third-order valence-corrected chi connectivity index (χ3v) is 17.0. The zero-order valence-electron chi connectivity index (χ0n) is 20.2. The van der Waals surface area contributed by atoms with Crippen LogP contribution in [0.1, 0.15) is 104 Å². The monoisotopic (exact) mass is 414 g/mol. The first kappa shape index (κ1) is 21.1. The van der Waals surface area contributed by atoms with Gasteiger partial charge in [0.25, 0.3) is 0 Å². The molecular formula is C28H50Si. The summed E-state index contributed by atoms with van der Waals surface area (Å²) in [6.45, 7) is 11.2. The molecule has 5 fully saturated rings. The summed E-state index contributed by atoms with van der Waals surface area (Å²) < 4.78 is 0. The minimum absolute atomic E-state index is 1.03. The topological polar surface area (TPSA) is 0 Å². The maximum absolute atomic E-state index is 2.90. The summed E-state index contributed by atoms with van der Waals surface area (Å²) in [5.74, 6) is 8.79. The first-order chi connectivity index (χ1) is 14.0. The molecule has 0 nitrogen and oxygen atoms in total. The maximum atomic E-state index is 2.90. The molecule has 166 valence electrons. The third kappa shape index (κ3) is 3.62. The van der Waals surface area contributed by atoms with Crippen LogP contribution in [0, 0.1) is 47.3 Å². The summed E-state index contributed by atoms with van der Waals surface area (Å²) in [6.07, 6.45) is 22.0. The van der Waals surface area contributed by atoms with E-state index in [1.807, 2.05) is 0 Å². The van der Waals surface area contributed by atoms with E-state index in [-0.39, 0.29) is 0 Å². The Hall–Kier alpha value is 0.217. The Labute approximate surface area is 183 Å². The standard InChI is InChI=1S/C28H50Si/c1-19-17-22-13-8-9-14-24(22)27(19)29(3,4)28-20(2)18-26-23(15-10-16-25(26)28)21-11-6-5-7-12-21/h19-28H,5-18H2,1-4H3. The van der Waals surface area contributed by atoms with E-state index in [1.54, 1.807) is 77.0 Å². The van der Waals surface area contributed by atoms with Gasteiger partial charge in [-0.2, -0.15) is 0 Å². The Morgan fingerprint density at radius 2 is 1.03 bits per heavy atom. The van der Waals surface area contributed by atoms with Gasteiger partial charge in [-0.05, 0) is 77.7 Å². The molecule has 0 aromatic carbocycles. The van der Waals surface area contributed by atoms with Gasteiger partial charge in [0.1, 0.15) is 0 Å². The molecule has 0 radical (unpaired) electrons. The van der Waals surface area contributed by atoms with E-state index >= 15 is 0 Å². The van der Waals surface area contributed by atoms with Gasteiger partial charge in [0.2, 0.25) is 0 Å². The molecule has 0 bridgehead atoms. The summed E-state index contributed by atoms with van der Waals surface area (Å²) >= 11 is 0. The van der Waals surface area contributed by atoms with E-state index in [0.29, 0.717) is 0 Å². The lowest BCUT2D eigenvalue weighted by Gasteiger charge is -2.49. The molecule has 9 atom stereocenters. The van der Waals surface area contributed by atoms with Crippen LogP contribution < -0.4 is 0 Å². The van der Waals surface area contributed by atoms with Crippen LogP contribution in [0.2, 0.25) is 24.2 Å². The molecule has 0 amide bonds. The molecule has 0 N–H and O–H groups in total. The molecule has 0 spiro atoms. The molecule has 0 saturated heterocycles. The fourth-order valence-electron chi connectivity index (χ4n) is 11.1. The highest BCUT2D eigenvalue weighted by Crippen LogP contribution is 2.65. The normalized spacial score (nSPS) is 49.0. The number of hydrogen-bond donors (Lipinski definition) is 0. The Kier molecular flexibility index (Phi) is 6.03. The van der Waals surface area contributed by atoms with Gasteiger partial charge in [-0.25, -0.2) is 0 Å². The van der Waals surface area contributed by atoms with E-state index in [0.717, 1.165) is 58.4 Å². The SMILES string of the molecule is CC1CC2CCCCC2C1[Si](C)(C)C1C(C)CC2C(C3CCCCC3)CCCC21. The predicted octanol–water partition coefficient (Wildman–Crippen LogP) is 8.93. The molecule has 29 heavy (non-hydrogen) atoms. The van der Waals surface area contributed by atoms with Crippen LogP contribution in [0.4, 0.5) is 0 Å². The molecule has 0 aliphatic heterocycles. The van der Waals surface area contributed by atoms with Crippen LogP contribution in [0.15, 0.2) is 0 Å². The molecule has 5 saturated carbocycles. The molecule has 1 heteroatoms. The fourth-order valence-corrected chi connectivity index (χ4v) is 17.8. The lowest BCUT2D eigenvalue weighted by Crippen LogP contribution is -2.47. The molecule has 9 unspecified atom stereocenters. The summed E-state index contributed by atoms with van der Waals surface area (Å²) in [7, 11) is -1.26. The molecule has 5 aliphatic rings. The lowest BCUT2D eigenvalue weighted by molar-refractivity contribution is 0.0978. The first-order valence-electron chi connectivity index (χ1n) is 14.0. The number of rotatable bonds is 3. The first-order valence-corrected chi connectivity index (χ1v) is 17.1. The lowest BCUT2D eigenvalue weighted by atomic mass is 9.65. The minimum atomic E-state index is -1.26. The second kappa shape index (κ2) is 8.29. The molecule has 5 rings (SSSR count). The second-order valence-corrected chi connectivity index (χ2v) is 18.3. The fraction of sp³-hybridized carbons (Fsp3) is 1.00. The van der Waals surface area contributed by atoms with Gasteiger partial charge >= 0.3 is 0 Å². The predicted molar refractivity (Wildman–Crippen MR) is 129 cm³/mol. The van der Waals surface area contributed by atoms with Crippen molar-refractivity contribution >= 4 is 8.07 Å². The Bertz CT molecular complexity index is 561. The van der Waals surface area contributed by atoms with Crippen molar-refractivity contribution in [1.82, 2.24) is 0 Å². The van der Waals surface area contributed by atoms with Crippen LogP contribution in [-0.4, -0.2) is 8.07 Å². The highest BCUT2D eigenvalue weighted by molar-refractivity contribution is 6.80. The van der Waals surface area contributed by atoms with Crippen LogP contribution in [0.3, 0.4) is 0 Å². The van der Waals surface area contributed by atoms with Crippen molar-refractivity contribution in [2.45, 2.75) is 128 Å². The van der Waals surface area contributed by atoms with E-state index in [4.69, 9.17) is 0 Å². The average Bonchev–Trinajstić information content (AvgIpc) is 3.24. The largest absolute Gasteiger partial charge is 0.0689 e. The summed E-state index contributed by atoms with van der Waals surface area (Å²) in [4.78, 5) is 0. The van der Waals surface area contributed by atoms with E-state index < -0.39 is 8.07 Å². The van der Waals surface area contributed by atoms with Gasteiger partial charge in [0.05, 0.1) is 8.07 Å². The zero-order chi connectivity index (χ0) is 20.2. The number of hydrogen-bond acceptors (Lipinski definition) is 0. The van der Waals surface area contributed by atoms with Crippen molar-refractivity contribution < 1.29 is 0 Å². The van der Waals surface area contributed by atoms with Crippen LogP contribution >= 0.6 is 0 Å². The van der Waals surface area contributed by atoms with Gasteiger partial charge in [0.15, 0.2) is 0 Å². The molecule has 0 heterocycles. The molecule has 5 aliphatic carbocycles. The quantitative estimate of drug-likeness (QED) is 0.404. The van der Waals surface area contributed by atoms with Gasteiger partial charge in [-0.3, -0.25) is 0 Å². The average molecular weight is 415 g/mol. The van der Waals surface area contributed by atoms with Crippen LogP contribution in [0.5, 0.6) is 0 Å². The smallest absolute Gasteiger partial charge is 0.0546 e. The van der Waals surface area contributed by atoms with E-state index in [1.165, 1.54) is 12.8 Å². The molecule has 0 aromatic heterocycles. The van der Waals surface area contributed by atoms with Crippen LogP contribution in [0.25, 0.3) is 0 Å². The van der Waals surface area contributed by atoms with Crippen molar-refractivity contribution in [3.8, 4) is 0 Å². The zero-order valence-corrected chi connectivity index (χ0v) is 21.2. The second-order valence-electron chi connectivity index (χ2n) is 13.3. The Morgan fingerprint density at radius 3 is 1.83 bits per heavy atom. The van der Waals surface area contributed by atoms with Gasteiger partial charge < -0.3 is 0 Å². The van der Waals surface area contributed by atoms with E-state index in [9.17, 15) is 0 Å². The third-order valence-electron chi connectivity index (χ3n) is 11.6. The minimum Gasteiger partial charge on any atom is -0.0689 e. The van der Waals surface area contributed by atoms with Crippen molar-refractivity contribution in [2.75, 3.05) is 0 Å². The van der Waals surface area contributed by atoms with Gasteiger partial charge in [-0.1, -0.05) is 97.6 Å². The van der Waals surface area contributed by atoms with Crippen LogP contribution in [-0.2, 0) is 0 Å². The highest BCUT2D eigenvalue weighted by Gasteiger charge is 2.58. The molecular weight excluding hydrogens is 364 g/mol. The van der Waals surface area contributed by atoms with E-state index in [2.05, 4.69) is 26.9 Å².